The first-order valence-corrected chi connectivity index (χ1v) is 7.12. The largest absolute Gasteiger partial charge is 0.490 e. The molecule has 0 bridgehead atoms. The Morgan fingerprint density at radius 2 is 2.10 bits per heavy atom. The average Bonchev–Trinajstić information content (AvgIpc) is 3.31. The summed E-state index contributed by atoms with van der Waals surface area (Å²) in [7, 11) is 1.77. The topological polar surface area (TPSA) is 69.2 Å². The molecule has 0 spiro atoms. The van der Waals surface area contributed by atoms with Crippen molar-refractivity contribution in [2.75, 3.05) is 19.0 Å². The lowest BCUT2D eigenvalue weighted by atomic mass is 10.2. The minimum Gasteiger partial charge on any atom is -0.490 e. The predicted octanol–water partition coefficient (Wildman–Crippen LogP) is 2.52. The fourth-order valence-electron chi connectivity index (χ4n) is 1.88. The summed E-state index contributed by atoms with van der Waals surface area (Å²) in [5.74, 6) is 1.90. The molecule has 21 heavy (non-hydrogen) atoms. The van der Waals surface area contributed by atoms with Gasteiger partial charge in [0.05, 0.1) is 12.7 Å². The first-order chi connectivity index (χ1) is 10.3. The van der Waals surface area contributed by atoms with Crippen molar-refractivity contribution in [1.82, 2.24) is 15.0 Å². The summed E-state index contributed by atoms with van der Waals surface area (Å²) in [6, 6.07) is 8.11. The molecule has 1 heterocycles. The van der Waals surface area contributed by atoms with Crippen LogP contribution in [0.2, 0.25) is 0 Å². The van der Waals surface area contributed by atoms with E-state index < -0.39 is 0 Å². The number of nitrogens with zero attached hydrogens (tertiary/aromatic N) is 3. The molecular weight excluding hydrogens is 268 g/mol. The van der Waals surface area contributed by atoms with E-state index in [4.69, 9.17) is 9.47 Å². The molecule has 1 aliphatic carbocycles. The highest BCUT2D eigenvalue weighted by molar-refractivity contribution is 5.58. The van der Waals surface area contributed by atoms with Gasteiger partial charge in [0.2, 0.25) is 5.95 Å². The van der Waals surface area contributed by atoms with E-state index in [0.717, 1.165) is 24.2 Å². The summed E-state index contributed by atoms with van der Waals surface area (Å²) >= 11 is 0. The van der Waals surface area contributed by atoms with Crippen LogP contribution in [-0.4, -0.2) is 34.7 Å². The minimum atomic E-state index is 0.320. The Bertz CT molecular complexity index is 629. The van der Waals surface area contributed by atoms with E-state index in [9.17, 15) is 0 Å². The van der Waals surface area contributed by atoms with Crippen molar-refractivity contribution < 1.29 is 9.47 Å². The molecule has 0 saturated heterocycles. The van der Waals surface area contributed by atoms with Crippen molar-refractivity contribution in [2.45, 2.75) is 25.9 Å². The molecule has 3 rings (SSSR count). The van der Waals surface area contributed by atoms with Gasteiger partial charge in [-0.2, -0.15) is 15.0 Å². The van der Waals surface area contributed by atoms with E-state index in [1.54, 1.807) is 7.05 Å². The fourth-order valence-corrected chi connectivity index (χ4v) is 1.88. The van der Waals surface area contributed by atoms with E-state index in [0.29, 0.717) is 30.5 Å². The Kier molecular flexibility index (Phi) is 3.85. The summed E-state index contributed by atoms with van der Waals surface area (Å²) in [4.78, 5) is 12.9. The highest BCUT2D eigenvalue weighted by Crippen LogP contribution is 2.29. The maximum atomic E-state index is 5.80. The van der Waals surface area contributed by atoms with Crippen molar-refractivity contribution in [3.63, 3.8) is 0 Å². The maximum absolute atomic E-state index is 5.80. The van der Waals surface area contributed by atoms with E-state index >= 15 is 0 Å². The molecule has 1 fully saturated rings. The number of nitrogens with one attached hydrogen (secondary N) is 1. The van der Waals surface area contributed by atoms with Gasteiger partial charge >= 0.3 is 6.01 Å². The molecule has 6 heteroatoms. The zero-order chi connectivity index (χ0) is 14.7. The van der Waals surface area contributed by atoms with Gasteiger partial charge in [-0.3, -0.25) is 0 Å². The third-order valence-electron chi connectivity index (χ3n) is 3.03. The van der Waals surface area contributed by atoms with Crippen LogP contribution in [0.3, 0.4) is 0 Å². The van der Waals surface area contributed by atoms with Gasteiger partial charge in [-0.15, -0.1) is 0 Å². The van der Waals surface area contributed by atoms with Gasteiger partial charge in [0, 0.05) is 12.6 Å². The number of aromatic nitrogens is 3. The zero-order valence-corrected chi connectivity index (χ0v) is 12.2. The molecule has 0 radical (unpaired) electrons. The number of hydrogen-bond donors (Lipinski definition) is 1. The molecule has 0 aliphatic heterocycles. The van der Waals surface area contributed by atoms with Crippen LogP contribution in [0.5, 0.6) is 11.8 Å². The maximum Gasteiger partial charge on any atom is 0.321 e. The molecule has 6 nitrogen and oxygen atoms in total. The van der Waals surface area contributed by atoms with Crippen LogP contribution in [0, 0.1) is 0 Å². The van der Waals surface area contributed by atoms with Gasteiger partial charge in [0.15, 0.2) is 5.82 Å². The number of rotatable bonds is 6. The Morgan fingerprint density at radius 1 is 1.24 bits per heavy atom. The van der Waals surface area contributed by atoms with Crippen LogP contribution in [0.15, 0.2) is 24.3 Å². The Labute approximate surface area is 123 Å². The third kappa shape index (κ3) is 3.39. The van der Waals surface area contributed by atoms with Gasteiger partial charge in [0.25, 0.3) is 0 Å². The first kappa shape index (κ1) is 13.6. The normalized spacial score (nSPS) is 13.8. The summed E-state index contributed by atoms with van der Waals surface area (Å²) < 4.78 is 11.2. The number of benzene rings is 1. The lowest BCUT2D eigenvalue weighted by Gasteiger charge is -2.08. The van der Waals surface area contributed by atoms with Gasteiger partial charge in [0.1, 0.15) is 5.75 Å². The number of ether oxygens (including phenoxy) is 2. The standard InChI is InChI=1S/C15H18N4O2/c1-3-20-15-18-13(17-14(16-2)19-15)10-5-4-6-12(9-10)21-11-7-8-11/h4-6,9,11H,3,7-8H2,1-2H3,(H,16,17,18,19). The van der Waals surface area contributed by atoms with Crippen molar-refractivity contribution in [3.8, 4) is 23.1 Å². The van der Waals surface area contributed by atoms with Gasteiger partial charge in [-0.25, -0.2) is 0 Å². The Hall–Kier alpha value is -2.37. The van der Waals surface area contributed by atoms with Crippen molar-refractivity contribution >= 4 is 5.95 Å². The van der Waals surface area contributed by atoms with Gasteiger partial charge in [-0.1, -0.05) is 12.1 Å². The Balaban J connectivity index is 1.92. The van der Waals surface area contributed by atoms with E-state index in [1.165, 1.54) is 0 Å². The highest BCUT2D eigenvalue weighted by Gasteiger charge is 2.23. The molecule has 0 atom stereocenters. The summed E-state index contributed by atoms with van der Waals surface area (Å²) in [6.07, 6.45) is 2.63. The van der Waals surface area contributed by atoms with Crippen LogP contribution in [-0.2, 0) is 0 Å². The second-order valence-electron chi connectivity index (χ2n) is 4.79. The molecule has 0 unspecified atom stereocenters. The minimum absolute atomic E-state index is 0.320. The molecule has 1 aliphatic rings. The molecule has 1 aromatic carbocycles. The predicted molar refractivity (Wildman–Crippen MR) is 79.6 cm³/mol. The molecule has 1 aromatic heterocycles. The second kappa shape index (κ2) is 5.95. The SMILES string of the molecule is CCOc1nc(NC)nc(-c2cccc(OC3CC3)c2)n1. The molecular formula is C15H18N4O2. The van der Waals surface area contributed by atoms with Crippen molar-refractivity contribution in [2.24, 2.45) is 0 Å². The number of hydrogen-bond acceptors (Lipinski definition) is 6. The highest BCUT2D eigenvalue weighted by atomic mass is 16.5. The Morgan fingerprint density at radius 3 is 2.81 bits per heavy atom. The summed E-state index contributed by atoms with van der Waals surface area (Å²) in [6.45, 7) is 2.41. The van der Waals surface area contributed by atoms with E-state index in [2.05, 4.69) is 20.3 Å². The second-order valence-corrected chi connectivity index (χ2v) is 4.79. The van der Waals surface area contributed by atoms with Gasteiger partial charge < -0.3 is 14.8 Å². The third-order valence-corrected chi connectivity index (χ3v) is 3.03. The van der Waals surface area contributed by atoms with E-state index in [1.807, 2.05) is 31.2 Å². The monoisotopic (exact) mass is 286 g/mol. The fraction of sp³-hybridized carbons (Fsp3) is 0.400. The molecule has 110 valence electrons. The molecule has 0 amide bonds. The van der Waals surface area contributed by atoms with Crippen LogP contribution in [0.1, 0.15) is 19.8 Å². The smallest absolute Gasteiger partial charge is 0.321 e. The van der Waals surface area contributed by atoms with Crippen LogP contribution >= 0.6 is 0 Å². The molecule has 2 aromatic rings. The number of anilines is 1. The average molecular weight is 286 g/mol. The van der Waals surface area contributed by atoms with Crippen LogP contribution < -0.4 is 14.8 Å². The van der Waals surface area contributed by atoms with E-state index in [-0.39, 0.29) is 0 Å². The molecule has 1 N–H and O–H groups in total. The molecule has 1 saturated carbocycles. The van der Waals surface area contributed by atoms with Crippen LogP contribution in [0.25, 0.3) is 11.4 Å². The van der Waals surface area contributed by atoms with Gasteiger partial charge in [-0.05, 0) is 31.9 Å². The lowest BCUT2D eigenvalue weighted by Crippen LogP contribution is -2.05. The zero-order valence-electron chi connectivity index (χ0n) is 12.2. The summed E-state index contributed by atoms with van der Waals surface area (Å²) in [5.41, 5.74) is 0.882. The van der Waals surface area contributed by atoms with Crippen molar-refractivity contribution in [3.05, 3.63) is 24.3 Å². The quantitative estimate of drug-likeness (QED) is 0.880. The first-order valence-electron chi connectivity index (χ1n) is 7.12. The van der Waals surface area contributed by atoms with Crippen molar-refractivity contribution in [1.29, 1.82) is 0 Å². The lowest BCUT2D eigenvalue weighted by molar-refractivity contribution is 0.303. The van der Waals surface area contributed by atoms with Crippen LogP contribution in [0.4, 0.5) is 5.95 Å². The summed E-state index contributed by atoms with van der Waals surface area (Å²) in [5, 5.41) is 2.92.